The SMILES string of the molecule is CC1(C)c2ccccc2-c2ccc(N(c3ccc(-c4ccccc4)cc3)c3ccc(-c4cccc5c4Oc4ccccc4C54c5ccccc5-n5c6ccccc6c6cccc4c65)cc3)cc21.c1ccc2c(c1)Oc1c(-c3ccc(-n4c5ccccc5c5ccccc54)cc3)cccc1C21c2ccccc2-n2c3ccccc3c3cccc1c32. The minimum Gasteiger partial charge on any atom is -0.456 e. The lowest BCUT2D eigenvalue weighted by atomic mass is 9.61. The first-order valence-electron chi connectivity index (χ1n) is 41.3. The lowest BCUT2D eigenvalue weighted by Crippen LogP contribution is -2.37. The van der Waals surface area contributed by atoms with Crippen LogP contribution in [0, 0.1) is 0 Å². The third-order valence-electron chi connectivity index (χ3n) is 26.7. The maximum atomic E-state index is 7.18. The van der Waals surface area contributed by atoms with Crippen molar-refractivity contribution >= 4 is 82.5 Å². The second kappa shape index (κ2) is 25.4. The zero-order valence-electron chi connectivity index (χ0n) is 65.4. The average Bonchev–Trinajstić information content (AvgIpc) is 1.63. The van der Waals surface area contributed by atoms with E-state index in [0.717, 1.165) is 90.3 Å². The Labute approximate surface area is 688 Å². The molecule has 0 fully saturated rings. The quantitative estimate of drug-likeness (QED) is 0.160. The number of ether oxygens (including phenoxy) is 2. The van der Waals surface area contributed by atoms with Gasteiger partial charge in [0.25, 0.3) is 0 Å². The highest BCUT2D eigenvalue weighted by atomic mass is 16.5. The number of benzene rings is 18. The summed E-state index contributed by atoms with van der Waals surface area (Å²) < 4.78 is 21.6. The van der Waals surface area contributed by atoms with Crippen molar-refractivity contribution in [2.75, 3.05) is 4.90 Å². The molecule has 5 aliphatic rings. The predicted octanol–water partition coefficient (Wildman–Crippen LogP) is 29.0. The summed E-state index contributed by atoms with van der Waals surface area (Å²) in [6, 6.07) is 151. The van der Waals surface area contributed by atoms with E-state index in [1.807, 2.05) is 0 Å². The molecule has 0 saturated carbocycles. The summed E-state index contributed by atoms with van der Waals surface area (Å²) in [5, 5.41) is 7.58. The van der Waals surface area contributed by atoms with Gasteiger partial charge in [-0.1, -0.05) is 329 Å². The molecule has 6 nitrogen and oxygen atoms in total. The fourth-order valence-electron chi connectivity index (χ4n) is 21.6. The molecule has 0 saturated heterocycles. The molecule has 1 aliphatic carbocycles. The molecule has 2 atom stereocenters. The van der Waals surface area contributed by atoms with Crippen LogP contribution in [0.25, 0.3) is 127 Å². The monoisotopic (exact) mass is 1520 g/mol. The lowest BCUT2D eigenvalue weighted by Gasteiger charge is -2.45. The highest BCUT2D eigenvalue weighted by Crippen LogP contribution is 2.65. The normalized spacial score (nSPS) is 15.6. The third kappa shape index (κ3) is 9.31. The summed E-state index contributed by atoms with van der Waals surface area (Å²) in [4.78, 5) is 2.40. The van der Waals surface area contributed by atoms with E-state index in [1.165, 1.54) is 132 Å². The molecule has 3 aromatic heterocycles. The highest BCUT2D eigenvalue weighted by molar-refractivity contribution is 6.15. The van der Waals surface area contributed by atoms with Gasteiger partial charge in [0.05, 0.1) is 55.3 Å². The van der Waals surface area contributed by atoms with E-state index in [0.29, 0.717) is 0 Å². The predicted molar refractivity (Wildman–Crippen MR) is 488 cm³/mol. The van der Waals surface area contributed by atoms with Crippen LogP contribution < -0.4 is 14.4 Å². The molecule has 119 heavy (non-hydrogen) atoms. The molecular weight excluding hydrogens is 1450 g/mol. The van der Waals surface area contributed by atoms with Crippen molar-refractivity contribution in [3.8, 4) is 84.6 Å². The summed E-state index contributed by atoms with van der Waals surface area (Å²) in [5.41, 5.74) is 34.6. The number of rotatable bonds is 7. The van der Waals surface area contributed by atoms with Crippen LogP contribution in [-0.4, -0.2) is 13.7 Å². The molecule has 0 bridgehead atoms. The van der Waals surface area contributed by atoms with E-state index in [2.05, 4.69) is 445 Å². The second-order valence-corrected chi connectivity index (χ2v) is 32.8. The summed E-state index contributed by atoms with van der Waals surface area (Å²) in [5.74, 6) is 3.56. The van der Waals surface area contributed by atoms with Crippen LogP contribution in [0.4, 0.5) is 17.1 Å². The number of para-hydroxylation sites is 12. The number of hydrogen-bond acceptors (Lipinski definition) is 3. The van der Waals surface area contributed by atoms with Gasteiger partial charge >= 0.3 is 0 Å². The van der Waals surface area contributed by atoms with Gasteiger partial charge in [-0.25, -0.2) is 0 Å². The van der Waals surface area contributed by atoms with Gasteiger partial charge in [-0.15, -0.1) is 0 Å². The number of nitrogens with zero attached hydrogens (tertiary/aromatic N) is 4. The van der Waals surface area contributed by atoms with Gasteiger partial charge in [-0.3, -0.25) is 0 Å². The molecule has 0 radical (unpaired) electrons. The van der Waals surface area contributed by atoms with Crippen molar-refractivity contribution in [3.05, 3.63) is 468 Å². The highest BCUT2D eigenvalue weighted by Gasteiger charge is 2.53. The van der Waals surface area contributed by atoms with Crippen LogP contribution in [0.1, 0.15) is 69.5 Å². The molecule has 4 aliphatic heterocycles. The van der Waals surface area contributed by atoms with E-state index in [1.54, 1.807) is 0 Å². The molecule has 18 aromatic carbocycles. The van der Waals surface area contributed by atoms with Gasteiger partial charge in [0.15, 0.2) is 0 Å². The Balaban J connectivity index is 0.000000136. The topological polar surface area (TPSA) is 36.5 Å². The molecule has 0 N–H and O–H groups in total. The van der Waals surface area contributed by atoms with Gasteiger partial charge < -0.3 is 28.1 Å². The molecule has 0 amide bonds. The maximum Gasteiger partial charge on any atom is 0.140 e. The lowest BCUT2D eigenvalue weighted by molar-refractivity contribution is 0.435. The van der Waals surface area contributed by atoms with Crippen molar-refractivity contribution in [2.24, 2.45) is 0 Å². The number of fused-ring (bicyclic) bond motifs is 28. The van der Waals surface area contributed by atoms with E-state index in [-0.39, 0.29) is 5.41 Å². The van der Waals surface area contributed by atoms with Gasteiger partial charge in [0.2, 0.25) is 0 Å². The van der Waals surface area contributed by atoms with Crippen LogP contribution in [0.5, 0.6) is 23.0 Å². The molecule has 6 heteroatoms. The molecular formula is C113H74N4O2. The molecule has 558 valence electrons. The maximum absolute atomic E-state index is 7.18. The van der Waals surface area contributed by atoms with E-state index < -0.39 is 10.8 Å². The van der Waals surface area contributed by atoms with Gasteiger partial charge in [-0.2, -0.15) is 0 Å². The Morgan fingerprint density at radius 1 is 0.227 bits per heavy atom. The molecule has 2 spiro atoms. The first-order valence-corrected chi connectivity index (χ1v) is 41.3. The summed E-state index contributed by atoms with van der Waals surface area (Å²) in [6.07, 6.45) is 0. The second-order valence-electron chi connectivity index (χ2n) is 32.8. The minimum absolute atomic E-state index is 0.127. The van der Waals surface area contributed by atoms with Crippen LogP contribution in [0.3, 0.4) is 0 Å². The van der Waals surface area contributed by atoms with E-state index in [4.69, 9.17) is 9.47 Å². The summed E-state index contributed by atoms with van der Waals surface area (Å²) >= 11 is 0. The van der Waals surface area contributed by atoms with Crippen LogP contribution >= 0.6 is 0 Å². The van der Waals surface area contributed by atoms with Crippen molar-refractivity contribution < 1.29 is 9.47 Å². The van der Waals surface area contributed by atoms with Crippen LogP contribution in [0.2, 0.25) is 0 Å². The summed E-state index contributed by atoms with van der Waals surface area (Å²) in [7, 11) is 0. The van der Waals surface area contributed by atoms with Crippen molar-refractivity contribution in [3.63, 3.8) is 0 Å². The summed E-state index contributed by atoms with van der Waals surface area (Å²) in [6.45, 7) is 4.71. The van der Waals surface area contributed by atoms with Gasteiger partial charge in [-0.05, 0) is 164 Å². The Kier molecular flexibility index (Phi) is 14.3. The average molecular weight is 1520 g/mol. The first-order chi connectivity index (χ1) is 58.8. The molecule has 21 aromatic rings. The van der Waals surface area contributed by atoms with Crippen LogP contribution in [0.15, 0.2) is 413 Å². The Morgan fingerprint density at radius 3 is 1.08 bits per heavy atom. The van der Waals surface area contributed by atoms with Crippen molar-refractivity contribution in [1.82, 2.24) is 13.7 Å². The van der Waals surface area contributed by atoms with Crippen LogP contribution in [-0.2, 0) is 16.2 Å². The Bertz CT molecular complexity index is 7780. The minimum atomic E-state index is -0.635. The van der Waals surface area contributed by atoms with Gasteiger partial charge in [0.1, 0.15) is 23.0 Å². The number of anilines is 3. The van der Waals surface area contributed by atoms with E-state index >= 15 is 0 Å². The van der Waals surface area contributed by atoms with Crippen molar-refractivity contribution in [2.45, 2.75) is 30.1 Å². The fraction of sp³-hybridized carbons (Fsp3) is 0.0442. The first kappa shape index (κ1) is 67.1. The smallest absolute Gasteiger partial charge is 0.140 e. The number of aromatic nitrogens is 3. The molecule has 2 unspecified atom stereocenters. The van der Waals surface area contributed by atoms with Crippen molar-refractivity contribution in [1.29, 1.82) is 0 Å². The molecule has 7 heterocycles. The standard InChI is InChI=1S/C64H44N2O.C49H30N2O/c1-63(2)52-22-8-6-18-48(52)49-39-38-46(40-57(49)63)65(44-34-30-42(31-35-44)41-16-4-3-5-17-41)45-36-32-43(33-37-45)47-20-14-26-56-62(47)67-60-29-13-10-24-54(60)64(56)53-23-9-12-28-59(53)66-58-27-11-7-19-50(58)51-21-15-25-55(64)61(51)66;1-6-22-42-34(13-1)35-14-2-7-23-43(35)50(42)32-29-27-31(28-30-32)33-16-11-21-41-48(33)52-46-26-10-5-19-39(46)49(41)38-18-4-9-25-45(38)51-44-24-8-3-15-36(44)37-17-12-20-40(49)47(37)51/h3-40H,1-2H3;1-30H. The Hall–Kier alpha value is -15.2. The largest absolute Gasteiger partial charge is 0.456 e. The Morgan fingerprint density at radius 2 is 0.571 bits per heavy atom. The number of hydrogen-bond donors (Lipinski definition) is 0. The third-order valence-corrected chi connectivity index (χ3v) is 26.7. The van der Waals surface area contributed by atoms with E-state index in [9.17, 15) is 0 Å². The fourth-order valence-corrected chi connectivity index (χ4v) is 21.6. The molecule has 26 rings (SSSR count). The zero-order chi connectivity index (χ0) is 78.4. The van der Waals surface area contributed by atoms with Gasteiger partial charge in [0, 0.05) is 93.9 Å². The zero-order valence-corrected chi connectivity index (χ0v) is 65.4.